The highest BCUT2D eigenvalue weighted by Gasteiger charge is 2.21. The van der Waals surface area contributed by atoms with Gasteiger partial charge in [-0.1, -0.05) is 41.4 Å². The number of furan rings is 1. The van der Waals surface area contributed by atoms with Gasteiger partial charge in [0.25, 0.3) is 5.91 Å². The SMILES string of the molecule is CCN(CC(=O)Nc1nc(-c2ccc(Cl)cc2)cn1-c1ccc(C)cc1)C(=O)c1ccco1. The molecule has 1 N–H and O–H groups in total. The molecule has 4 aromatic rings. The second-order valence-electron chi connectivity index (χ2n) is 7.51. The van der Waals surface area contributed by atoms with E-state index in [1.54, 1.807) is 31.2 Å². The monoisotopic (exact) mass is 462 g/mol. The fourth-order valence-electron chi connectivity index (χ4n) is 3.35. The van der Waals surface area contributed by atoms with E-state index < -0.39 is 0 Å². The van der Waals surface area contributed by atoms with E-state index in [2.05, 4.69) is 10.3 Å². The Kier molecular flexibility index (Phi) is 6.60. The summed E-state index contributed by atoms with van der Waals surface area (Å²) in [5.41, 5.74) is 3.52. The van der Waals surface area contributed by atoms with E-state index in [0.717, 1.165) is 16.8 Å². The van der Waals surface area contributed by atoms with E-state index in [-0.39, 0.29) is 24.1 Å². The first-order valence-corrected chi connectivity index (χ1v) is 10.9. The van der Waals surface area contributed by atoms with Crippen LogP contribution in [-0.4, -0.2) is 39.4 Å². The number of benzene rings is 2. The van der Waals surface area contributed by atoms with Gasteiger partial charge in [0.15, 0.2) is 5.76 Å². The minimum absolute atomic E-state index is 0.132. The lowest BCUT2D eigenvalue weighted by atomic mass is 10.2. The third kappa shape index (κ3) is 5.15. The number of hydrogen-bond acceptors (Lipinski definition) is 4. The van der Waals surface area contributed by atoms with Gasteiger partial charge in [0.05, 0.1) is 12.0 Å². The average Bonchev–Trinajstić information content (AvgIpc) is 3.49. The van der Waals surface area contributed by atoms with Gasteiger partial charge in [0.2, 0.25) is 11.9 Å². The molecule has 0 unspecified atom stereocenters. The Morgan fingerprint density at radius 3 is 2.45 bits per heavy atom. The van der Waals surface area contributed by atoms with E-state index in [1.807, 2.05) is 54.1 Å². The molecule has 4 rings (SSSR count). The number of rotatable bonds is 7. The first-order chi connectivity index (χ1) is 15.9. The molecule has 2 heterocycles. The Bertz CT molecular complexity index is 1250. The number of likely N-dealkylation sites (N-methyl/N-ethyl adjacent to an activating group) is 1. The third-order valence-corrected chi connectivity index (χ3v) is 5.40. The van der Waals surface area contributed by atoms with Crippen molar-refractivity contribution in [2.75, 3.05) is 18.4 Å². The molecule has 0 spiro atoms. The van der Waals surface area contributed by atoms with Crippen molar-refractivity contribution in [3.8, 4) is 16.9 Å². The van der Waals surface area contributed by atoms with E-state index in [1.165, 1.54) is 11.2 Å². The number of carbonyl (C=O) groups excluding carboxylic acids is 2. The van der Waals surface area contributed by atoms with E-state index >= 15 is 0 Å². The molecule has 2 aromatic heterocycles. The molecule has 7 nitrogen and oxygen atoms in total. The van der Waals surface area contributed by atoms with Crippen LogP contribution in [0.3, 0.4) is 0 Å². The molecule has 0 aliphatic rings. The number of anilines is 1. The standard InChI is InChI=1S/C25H23ClN4O3/c1-3-29(24(32)22-5-4-14-33-22)16-23(31)28-25-27-21(18-8-10-19(26)11-9-18)15-30(25)20-12-6-17(2)7-13-20/h4-15H,3,16H2,1-2H3,(H,27,28,31). The Morgan fingerprint density at radius 2 is 1.82 bits per heavy atom. The fourth-order valence-corrected chi connectivity index (χ4v) is 3.48. The summed E-state index contributed by atoms with van der Waals surface area (Å²) in [7, 11) is 0. The molecule has 0 bridgehead atoms. The summed E-state index contributed by atoms with van der Waals surface area (Å²) in [4.78, 5) is 31.5. The van der Waals surface area contributed by atoms with Crippen molar-refractivity contribution in [3.63, 3.8) is 0 Å². The third-order valence-electron chi connectivity index (χ3n) is 5.14. The van der Waals surface area contributed by atoms with E-state index in [4.69, 9.17) is 16.0 Å². The lowest BCUT2D eigenvalue weighted by Crippen LogP contribution is -2.38. The smallest absolute Gasteiger partial charge is 0.290 e. The summed E-state index contributed by atoms with van der Waals surface area (Å²) < 4.78 is 6.99. The van der Waals surface area contributed by atoms with Crippen molar-refractivity contribution in [1.29, 1.82) is 0 Å². The van der Waals surface area contributed by atoms with Crippen molar-refractivity contribution in [2.45, 2.75) is 13.8 Å². The highest BCUT2D eigenvalue weighted by Crippen LogP contribution is 2.26. The van der Waals surface area contributed by atoms with Gasteiger partial charge < -0.3 is 9.32 Å². The average molecular weight is 463 g/mol. The summed E-state index contributed by atoms with van der Waals surface area (Å²) in [6.45, 7) is 4.04. The molecule has 2 aromatic carbocycles. The zero-order chi connectivity index (χ0) is 23.4. The van der Waals surface area contributed by atoms with Crippen LogP contribution in [0, 0.1) is 6.92 Å². The van der Waals surface area contributed by atoms with Gasteiger partial charge in [-0.2, -0.15) is 0 Å². The molecule has 0 radical (unpaired) electrons. The number of carbonyl (C=O) groups is 2. The van der Waals surface area contributed by atoms with E-state index in [9.17, 15) is 9.59 Å². The van der Waals surface area contributed by atoms with Crippen LogP contribution >= 0.6 is 11.6 Å². The van der Waals surface area contributed by atoms with Gasteiger partial charge in [-0.15, -0.1) is 0 Å². The van der Waals surface area contributed by atoms with Crippen LogP contribution in [0.25, 0.3) is 16.9 Å². The zero-order valence-electron chi connectivity index (χ0n) is 18.3. The van der Waals surface area contributed by atoms with Crippen LogP contribution in [0.5, 0.6) is 0 Å². The van der Waals surface area contributed by atoms with Crippen molar-refractivity contribution in [1.82, 2.24) is 14.5 Å². The number of nitrogens with one attached hydrogen (secondary N) is 1. The minimum atomic E-state index is -0.363. The van der Waals surface area contributed by atoms with Gasteiger partial charge in [-0.05, 0) is 50.2 Å². The highest BCUT2D eigenvalue weighted by atomic mass is 35.5. The predicted octanol–water partition coefficient (Wildman–Crippen LogP) is 5.19. The molecule has 0 saturated carbocycles. The number of nitrogens with zero attached hydrogens (tertiary/aromatic N) is 3. The van der Waals surface area contributed by atoms with Crippen LogP contribution < -0.4 is 5.32 Å². The molecule has 0 aliphatic carbocycles. The van der Waals surface area contributed by atoms with Gasteiger partial charge >= 0.3 is 0 Å². The molecule has 2 amide bonds. The Labute approximate surface area is 196 Å². The maximum atomic E-state index is 12.9. The van der Waals surface area contributed by atoms with Crippen molar-refractivity contribution >= 4 is 29.4 Å². The van der Waals surface area contributed by atoms with Gasteiger partial charge in [-0.3, -0.25) is 19.5 Å². The number of aromatic nitrogens is 2. The fraction of sp³-hybridized carbons (Fsp3) is 0.160. The first kappa shape index (κ1) is 22.4. The summed E-state index contributed by atoms with van der Waals surface area (Å²) >= 11 is 6.02. The van der Waals surface area contributed by atoms with Gasteiger partial charge in [0.1, 0.15) is 6.54 Å². The second-order valence-corrected chi connectivity index (χ2v) is 7.94. The molecule has 168 valence electrons. The number of amides is 2. The van der Waals surface area contributed by atoms with Gasteiger partial charge in [-0.25, -0.2) is 4.98 Å². The predicted molar refractivity (Wildman–Crippen MR) is 128 cm³/mol. The maximum Gasteiger partial charge on any atom is 0.290 e. The molecule has 8 heteroatoms. The molecule has 0 saturated heterocycles. The Hall–Kier alpha value is -3.84. The molecule has 0 atom stereocenters. The van der Waals surface area contributed by atoms with Crippen molar-refractivity contribution in [3.05, 3.63) is 89.5 Å². The molecule has 0 fully saturated rings. The largest absolute Gasteiger partial charge is 0.459 e. The van der Waals surface area contributed by atoms with E-state index in [0.29, 0.717) is 23.2 Å². The number of hydrogen-bond donors (Lipinski definition) is 1. The molecule has 0 aliphatic heterocycles. The number of halogens is 1. The molecular formula is C25H23ClN4O3. The maximum absolute atomic E-state index is 12.9. The molecule has 33 heavy (non-hydrogen) atoms. The lowest BCUT2D eigenvalue weighted by molar-refractivity contribution is -0.116. The first-order valence-electron chi connectivity index (χ1n) is 10.5. The van der Waals surface area contributed by atoms with Crippen LogP contribution in [-0.2, 0) is 4.79 Å². The normalized spacial score (nSPS) is 10.8. The summed E-state index contributed by atoms with van der Waals surface area (Å²) in [5, 5.41) is 3.48. The summed E-state index contributed by atoms with van der Waals surface area (Å²) in [6, 6.07) is 18.4. The number of aryl methyl sites for hydroxylation is 1. The minimum Gasteiger partial charge on any atom is -0.459 e. The quantitative estimate of drug-likeness (QED) is 0.409. The van der Waals surface area contributed by atoms with Crippen molar-refractivity contribution in [2.24, 2.45) is 0 Å². The van der Waals surface area contributed by atoms with Crippen LogP contribution in [0.15, 0.2) is 77.5 Å². The summed E-state index contributed by atoms with van der Waals surface area (Å²) in [5.74, 6) is -0.161. The van der Waals surface area contributed by atoms with Crippen LogP contribution in [0.2, 0.25) is 5.02 Å². The van der Waals surface area contributed by atoms with Gasteiger partial charge in [0, 0.05) is 29.0 Å². The number of imidazole rings is 1. The highest BCUT2D eigenvalue weighted by molar-refractivity contribution is 6.30. The molecular weight excluding hydrogens is 440 g/mol. The van der Waals surface area contributed by atoms with Crippen LogP contribution in [0.4, 0.5) is 5.95 Å². The second kappa shape index (κ2) is 9.75. The summed E-state index contributed by atoms with van der Waals surface area (Å²) in [6.07, 6.45) is 3.28. The Balaban J connectivity index is 1.61. The van der Waals surface area contributed by atoms with Crippen molar-refractivity contribution < 1.29 is 14.0 Å². The Morgan fingerprint density at radius 1 is 1.09 bits per heavy atom. The van der Waals surface area contributed by atoms with Crippen LogP contribution in [0.1, 0.15) is 23.0 Å². The topological polar surface area (TPSA) is 80.4 Å². The lowest BCUT2D eigenvalue weighted by Gasteiger charge is -2.19. The zero-order valence-corrected chi connectivity index (χ0v) is 19.0.